The Balaban J connectivity index is 1.81. The van der Waals surface area contributed by atoms with Gasteiger partial charge in [-0.05, 0) is 49.4 Å². The highest BCUT2D eigenvalue weighted by Gasteiger charge is 2.75. The number of rotatable bonds is 6. The summed E-state index contributed by atoms with van der Waals surface area (Å²) in [6.07, 6.45) is 2.15. The Bertz CT molecular complexity index is 818. The molecule has 3 rings (SSSR count). The average Bonchev–Trinajstić information content (AvgIpc) is 2.85. The summed E-state index contributed by atoms with van der Waals surface area (Å²) in [5.41, 5.74) is -1.32. The van der Waals surface area contributed by atoms with Gasteiger partial charge in [0.25, 0.3) is 5.19 Å². The highest BCUT2D eigenvalue weighted by molar-refractivity contribution is 9.28. The minimum Gasteiger partial charge on any atom is -0.481 e. The topological polar surface area (TPSA) is 72.3 Å². The van der Waals surface area contributed by atoms with Gasteiger partial charge in [0.2, 0.25) is 0 Å². The average molecular weight is 488 g/mol. The number of hydrogen-bond acceptors (Lipinski definition) is 5. The van der Waals surface area contributed by atoms with Gasteiger partial charge in [-0.2, -0.15) is 9.36 Å². The van der Waals surface area contributed by atoms with E-state index in [0.717, 1.165) is 14.9 Å². The van der Waals surface area contributed by atoms with Gasteiger partial charge in [0.05, 0.1) is 8.81 Å². The molecule has 0 amide bonds. The Morgan fingerprint density at radius 3 is 2.64 bits per heavy atom. The van der Waals surface area contributed by atoms with E-state index < -0.39 is 16.8 Å². The van der Waals surface area contributed by atoms with Crippen molar-refractivity contribution >= 4 is 49.4 Å². The normalized spacial score (nSPS) is 23.8. The predicted molar refractivity (Wildman–Crippen MR) is 103 cm³/mol. The van der Waals surface area contributed by atoms with E-state index in [4.69, 9.17) is 4.74 Å². The molecular formula is C17H16Br2N2O3S. The third-order valence-corrected chi connectivity index (χ3v) is 6.05. The third kappa shape index (κ3) is 3.39. The van der Waals surface area contributed by atoms with Gasteiger partial charge < -0.3 is 9.84 Å². The maximum atomic E-state index is 12.0. The van der Waals surface area contributed by atoms with Gasteiger partial charge in [0.1, 0.15) is 11.6 Å². The van der Waals surface area contributed by atoms with Gasteiger partial charge in [-0.3, -0.25) is 4.79 Å². The Kier molecular flexibility index (Phi) is 5.05. The second-order valence-corrected chi connectivity index (χ2v) is 9.99. The van der Waals surface area contributed by atoms with Crippen LogP contribution in [0, 0.1) is 16.7 Å². The first-order valence-corrected chi connectivity index (χ1v) is 9.95. The summed E-state index contributed by atoms with van der Waals surface area (Å²) in [7, 11) is 0. The number of ether oxygens (including phenoxy) is 1. The number of aromatic nitrogens is 2. The van der Waals surface area contributed by atoms with Crippen LogP contribution in [0.25, 0.3) is 0 Å². The highest BCUT2D eigenvalue weighted by atomic mass is 79.9. The summed E-state index contributed by atoms with van der Waals surface area (Å²) in [6, 6.07) is 9.31. The van der Waals surface area contributed by atoms with Gasteiger partial charge >= 0.3 is 5.97 Å². The maximum Gasteiger partial charge on any atom is 0.311 e. The summed E-state index contributed by atoms with van der Waals surface area (Å²) < 4.78 is 10.7. The molecular weight excluding hydrogens is 472 g/mol. The Morgan fingerprint density at radius 2 is 2.04 bits per heavy atom. The molecule has 1 aliphatic rings. The van der Waals surface area contributed by atoms with Crippen molar-refractivity contribution in [2.45, 2.75) is 20.3 Å². The first-order chi connectivity index (χ1) is 11.8. The van der Waals surface area contributed by atoms with Crippen molar-refractivity contribution in [1.82, 2.24) is 9.36 Å². The third-order valence-electron chi connectivity index (χ3n) is 4.88. The molecule has 25 heavy (non-hydrogen) atoms. The fourth-order valence-corrected chi connectivity index (χ4v) is 4.48. The molecule has 1 fully saturated rings. The van der Waals surface area contributed by atoms with E-state index in [0.29, 0.717) is 16.8 Å². The second-order valence-electron chi connectivity index (χ2n) is 6.50. The Morgan fingerprint density at radius 1 is 1.36 bits per heavy atom. The SMILES string of the molecule is CC1(C)[C@@H](C=C(Br)Br)[C@@]1(Cc1nsc(Oc2ccccc2)n1)C(=O)O. The lowest BCUT2D eigenvalue weighted by molar-refractivity contribution is -0.145. The zero-order valence-corrected chi connectivity index (χ0v) is 17.6. The van der Waals surface area contributed by atoms with Crippen LogP contribution in [0.4, 0.5) is 0 Å². The quantitative estimate of drug-likeness (QED) is 0.603. The smallest absolute Gasteiger partial charge is 0.311 e. The largest absolute Gasteiger partial charge is 0.481 e. The van der Waals surface area contributed by atoms with Crippen molar-refractivity contribution in [3.63, 3.8) is 0 Å². The van der Waals surface area contributed by atoms with E-state index in [2.05, 4.69) is 41.2 Å². The molecule has 5 nitrogen and oxygen atoms in total. The molecule has 0 radical (unpaired) electrons. The monoisotopic (exact) mass is 486 g/mol. The van der Waals surface area contributed by atoms with Crippen molar-refractivity contribution in [3.8, 4) is 10.9 Å². The van der Waals surface area contributed by atoms with Gasteiger partial charge in [0.15, 0.2) is 0 Å². The summed E-state index contributed by atoms with van der Waals surface area (Å²) in [5.74, 6) is 0.218. The second kappa shape index (κ2) is 6.81. The van der Waals surface area contributed by atoms with Gasteiger partial charge in [-0.25, -0.2) is 0 Å². The zero-order chi connectivity index (χ0) is 18.2. The first kappa shape index (κ1) is 18.5. The molecule has 1 aromatic carbocycles. The van der Waals surface area contributed by atoms with E-state index in [1.165, 1.54) is 0 Å². The number of aliphatic carboxylic acids is 1. The van der Waals surface area contributed by atoms with Gasteiger partial charge in [-0.15, -0.1) is 0 Å². The number of hydrogen-bond donors (Lipinski definition) is 1. The molecule has 0 bridgehead atoms. The summed E-state index contributed by atoms with van der Waals surface area (Å²) >= 11 is 7.79. The number of allylic oxidation sites excluding steroid dienone is 1. The number of carboxylic acids is 1. The Labute approximate surface area is 166 Å². The minimum atomic E-state index is -0.926. The van der Waals surface area contributed by atoms with Crippen molar-refractivity contribution in [3.05, 3.63) is 45.6 Å². The van der Waals surface area contributed by atoms with E-state index >= 15 is 0 Å². The lowest BCUT2D eigenvalue weighted by atomic mass is 9.92. The lowest BCUT2D eigenvalue weighted by Gasteiger charge is -2.13. The zero-order valence-electron chi connectivity index (χ0n) is 13.6. The molecule has 0 unspecified atom stereocenters. The molecule has 1 aliphatic carbocycles. The van der Waals surface area contributed by atoms with Crippen LogP contribution in [0.3, 0.4) is 0 Å². The molecule has 1 saturated carbocycles. The van der Waals surface area contributed by atoms with Crippen LogP contribution in [0.1, 0.15) is 19.7 Å². The number of benzene rings is 1. The molecule has 0 aliphatic heterocycles. The molecule has 2 atom stereocenters. The van der Waals surface area contributed by atoms with Crippen LogP contribution in [-0.4, -0.2) is 20.4 Å². The van der Waals surface area contributed by atoms with Crippen LogP contribution >= 0.6 is 43.4 Å². The molecule has 1 heterocycles. The van der Waals surface area contributed by atoms with E-state index in [1.807, 2.05) is 50.3 Å². The summed E-state index contributed by atoms with van der Waals surface area (Å²) in [4.78, 5) is 16.4. The number of carbonyl (C=O) groups is 1. The fourth-order valence-electron chi connectivity index (χ4n) is 3.38. The fraction of sp³-hybridized carbons (Fsp3) is 0.353. The lowest BCUT2D eigenvalue weighted by Crippen LogP contribution is -2.25. The molecule has 0 saturated heterocycles. The summed E-state index contributed by atoms with van der Waals surface area (Å²) in [5, 5.41) is 10.3. The van der Waals surface area contributed by atoms with Crippen molar-refractivity contribution in [2.75, 3.05) is 0 Å². The molecule has 0 spiro atoms. The van der Waals surface area contributed by atoms with Crippen molar-refractivity contribution in [1.29, 1.82) is 0 Å². The van der Waals surface area contributed by atoms with Gasteiger partial charge in [-0.1, -0.05) is 38.1 Å². The van der Waals surface area contributed by atoms with E-state index in [1.54, 1.807) is 0 Å². The predicted octanol–water partition coefficient (Wildman–Crippen LogP) is 5.23. The minimum absolute atomic E-state index is 0.117. The van der Waals surface area contributed by atoms with Crippen LogP contribution in [-0.2, 0) is 11.2 Å². The van der Waals surface area contributed by atoms with E-state index in [-0.39, 0.29) is 12.3 Å². The maximum absolute atomic E-state index is 12.0. The van der Waals surface area contributed by atoms with Crippen LogP contribution in [0.5, 0.6) is 10.9 Å². The van der Waals surface area contributed by atoms with E-state index in [9.17, 15) is 9.90 Å². The summed E-state index contributed by atoms with van der Waals surface area (Å²) in [6.45, 7) is 3.91. The first-order valence-electron chi connectivity index (χ1n) is 7.59. The van der Waals surface area contributed by atoms with Gasteiger partial charge in [0, 0.05) is 23.9 Å². The number of para-hydroxylation sites is 1. The Hall–Kier alpha value is -1.25. The number of carboxylic acid groups (broad SMARTS) is 1. The number of nitrogens with zero attached hydrogens (tertiary/aromatic N) is 2. The molecule has 1 aromatic heterocycles. The van der Waals surface area contributed by atoms with Crippen LogP contribution in [0.2, 0.25) is 0 Å². The molecule has 132 valence electrons. The number of halogens is 2. The molecule has 1 N–H and O–H groups in total. The molecule has 8 heteroatoms. The van der Waals surface area contributed by atoms with Crippen molar-refractivity contribution < 1.29 is 14.6 Å². The van der Waals surface area contributed by atoms with Crippen LogP contribution < -0.4 is 4.74 Å². The van der Waals surface area contributed by atoms with Crippen LogP contribution in [0.15, 0.2) is 39.8 Å². The highest BCUT2D eigenvalue weighted by Crippen LogP contribution is 2.71. The standard InChI is InChI=1S/C17H16Br2N2O3S/c1-16(2)11(8-12(18)19)17(16,14(22)23)9-13-20-15(25-21-13)24-10-6-4-3-5-7-10/h3-8,11H,9H2,1-2H3,(H,22,23)/t11-,17+/m1/s1. The molecule has 2 aromatic rings. The van der Waals surface area contributed by atoms with Crippen molar-refractivity contribution in [2.24, 2.45) is 16.7 Å².